The number of hydrogen-bond donors (Lipinski definition) is 1. The van der Waals surface area contributed by atoms with Gasteiger partial charge in [-0.1, -0.05) is 35.4 Å². The van der Waals surface area contributed by atoms with Crippen molar-refractivity contribution in [2.24, 2.45) is 5.11 Å². The molecular weight excluding hydrogens is 250 g/mol. The Kier molecular flexibility index (Phi) is 5.00. The van der Waals surface area contributed by atoms with Gasteiger partial charge < -0.3 is 0 Å². The van der Waals surface area contributed by atoms with E-state index >= 15 is 0 Å². The molecule has 1 saturated carbocycles. The molecule has 0 heterocycles. The molecule has 1 N–H and O–H groups in total. The van der Waals surface area contributed by atoms with E-state index in [0.717, 1.165) is 25.7 Å². The summed E-state index contributed by atoms with van der Waals surface area (Å²) in [6.45, 7) is 0.954. The van der Waals surface area contributed by atoms with Crippen LogP contribution in [0.1, 0.15) is 37.2 Å². The van der Waals surface area contributed by atoms with Crippen molar-refractivity contribution in [2.75, 3.05) is 13.1 Å². The molecule has 0 atom stereocenters. The fraction of sp³-hybridized carbons (Fsp3) is 0.533. The quantitative estimate of drug-likeness (QED) is 0.384. The van der Waals surface area contributed by atoms with Crippen LogP contribution in [0.15, 0.2) is 35.4 Å². The predicted octanol–water partition coefficient (Wildman–Crippen LogP) is 3.51. The van der Waals surface area contributed by atoms with Crippen molar-refractivity contribution in [2.45, 2.75) is 37.1 Å². The number of nitrogens with zero attached hydrogens (tertiary/aromatic N) is 4. The first-order valence-electron chi connectivity index (χ1n) is 7.02. The van der Waals surface area contributed by atoms with E-state index in [9.17, 15) is 5.26 Å². The maximum absolute atomic E-state index is 9.44. The first-order valence-corrected chi connectivity index (χ1v) is 7.02. The summed E-state index contributed by atoms with van der Waals surface area (Å²) >= 11 is 0. The van der Waals surface area contributed by atoms with E-state index in [-0.39, 0.29) is 0 Å². The number of nitriles is 1. The third-order valence-electron chi connectivity index (χ3n) is 4.06. The molecule has 0 spiro atoms. The molecule has 5 nitrogen and oxygen atoms in total. The topological polar surface area (TPSA) is 84.6 Å². The Labute approximate surface area is 119 Å². The van der Waals surface area contributed by atoms with Gasteiger partial charge in [0.1, 0.15) is 5.54 Å². The summed E-state index contributed by atoms with van der Waals surface area (Å²) < 4.78 is 0. The highest BCUT2D eigenvalue weighted by Crippen LogP contribution is 2.37. The van der Waals surface area contributed by atoms with Gasteiger partial charge in [-0.15, -0.1) is 0 Å². The van der Waals surface area contributed by atoms with Crippen LogP contribution in [0.5, 0.6) is 0 Å². The molecule has 0 radical (unpaired) electrons. The van der Waals surface area contributed by atoms with Crippen molar-refractivity contribution in [1.29, 1.82) is 5.26 Å². The number of benzene rings is 1. The zero-order chi connectivity index (χ0) is 14.3. The Morgan fingerprint density at radius 3 is 2.65 bits per heavy atom. The molecule has 1 aliphatic carbocycles. The van der Waals surface area contributed by atoms with Crippen LogP contribution >= 0.6 is 0 Å². The summed E-state index contributed by atoms with van der Waals surface area (Å²) in [5.74, 6) is 0.552. The number of rotatable bonds is 5. The average molecular weight is 269 g/mol. The van der Waals surface area contributed by atoms with Gasteiger partial charge in [-0.05, 0) is 42.7 Å². The maximum atomic E-state index is 9.44. The Balaban J connectivity index is 1.91. The van der Waals surface area contributed by atoms with Gasteiger partial charge in [0.2, 0.25) is 0 Å². The van der Waals surface area contributed by atoms with Crippen LogP contribution in [-0.4, -0.2) is 18.6 Å². The summed E-state index contributed by atoms with van der Waals surface area (Å²) in [5, 5.41) is 16.2. The number of azide groups is 1. The summed E-state index contributed by atoms with van der Waals surface area (Å²) in [7, 11) is 0. The number of nitrogens with one attached hydrogen (secondary N) is 1. The molecule has 104 valence electrons. The Morgan fingerprint density at radius 2 is 2.05 bits per heavy atom. The van der Waals surface area contributed by atoms with Crippen LogP contribution < -0.4 is 5.32 Å². The zero-order valence-corrected chi connectivity index (χ0v) is 11.5. The van der Waals surface area contributed by atoms with Crippen molar-refractivity contribution in [3.63, 3.8) is 0 Å². The summed E-state index contributed by atoms with van der Waals surface area (Å²) in [5.41, 5.74) is 9.17. The van der Waals surface area contributed by atoms with Gasteiger partial charge >= 0.3 is 0 Å². The Hall–Kier alpha value is -2.02. The van der Waals surface area contributed by atoms with Crippen LogP contribution in [0.4, 0.5) is 0 Å². The lowest BCUT2D eigenvalue weighted by Gasteiger charge is -2.36. The molecule has 0 aromatic heterocycles. The minimum Gasteiger partial charge on any atom is -0.299 e. The van der Waals surface area contributed by atoms with Gasteiger partial charge in [-0.25, -0.2) is 0 Å². The fourth-order valence-electron chi connectivity index (χ4n) is 2.89. The lowest BCUT2D eigenvalue weighted by atomic mass is 9.75. The fourth-order valence-corrected chi connectivity index (χ4v) is 2.89. The zero-order valence-electron chi connectivity index (χ0n) is 11.5. The van der Waals surface area contributed by atoms with Gasteiger partial charge in [0.05, 0.1) is 6.07 Å². The van der Waals surface area contributed by atoms with Crippen molar-refractivity contribution in [3.05, 3.63) is 46.3 Å². The van der Waals surface area contributed by atoms with E-state index < -0.39 is 5.54 Å². The molecule has 0 saturated heterocycles. The summed E-state index contributed by atoms with van der Waals surface area (Å²) in [6, 6.07) is 12.9. The lowest BCUT2D eigenvalue weighted by Crippen LogP contribution is -2.47. The molecule has 0 aliphatic heterocycles. The molecule has 0 amide bonds. The minimum absolute atomic E-state index is 0.391. The van der Waals surface area contributed by atoms with Gasteiger partial charge in [0.25, 0.3) is 0 Å². The summed E-state index contributed by atoms with van der Waals surface area (Å²) in [6.07, 6.45) is 3.73. The van der Waals surface area contributed by atoms with E-state index in [1.54, 1.807) is 0 Å². The Morgan fingerprint density at radius 1 is 1.35 bits per heavy atom. The van der Waals surface area contributed by atoms with E-state index in [0.29, 0.717) is 19.0 Å². The SMILES string of the molecule is N#CC1(NCCN=[N+]=[N-])CCC(c2ccccc2)CC1. The van der Waals surface area contributed by atoms with Crippen molar-refractivity contribution in [1.82, 2.24) is 5.32 Å². The molecule has 2 rings (SSSR count). The van der Waals surface area contributed by atoms with Crippen LogP contribution in [0.25, 0.3) is 10.4 Å². The van der Waals surface area contributed by atoms with Crippen molar-refractivity contribution < 1.29 is 0 Å². The van der Waals surface area contributed by atoms with Crippen LogP contribution in [-0.2, 0) is 0 Å². The second-order valence-corrected chi connectivity index (χ2v) is 5.26. The van der Waals surface area contributed by atoms with Gasteiger partial charge in [-0.3, -0.25) is 5.32 Å². The smallest absolute Gasteiger partial charge is 0.106 e. The van der Waals surface area contributed by atoms with Gasteiger partial charge in [0, 0.05) is 18.0 Å². The normalized spacial score (nSPS) is 25.4. The molecule has 1 aromatic rings. The molecule has 5 heteroatoms. The lowest BCUT2D eigenvalue weighted by molar-refractivity contribution is 0.278. The van der Waals surface area contributed by atoms with E-state index in [2.05, 4.69) is 45.7 Å². The highest BCUT2D eigenvalue weighted by atomic mass is 15.1. The van der Waals surface area contributed by atoms with Crippen LogP contribution in [0, 0.1) is 11.3 Å². The highest BCUT2D eigenvalue weighted by molar-refractivity contribution is 5.22. The van der Waals surface area contributed by atoms with Crippen molar-refractivity contribution in [3.8, 4) is 6.07 Å². The number of hydrogen-bond acceptors (Lipinski definition) is 3. The third kappa shape index (κ3) is 3.51. The highest BCUT2D eigenvalue weighted by Gasteiger charge is 2.35. The first kappa shape index (κ1) is 14.4. The van der Waals surface area contributed by atoms with Gasteiger partial charge in [-0.2, -0.15) is 5.26 Å². The molecule has 1 aliphatic rings. The third-order valence-corrected chi connectivity index (χ3v) is 4.06. The van der Waals surface area contributed by atoms with Crippen molar-refractivity contribution >= 4 is 0 Å². The minimum atomic E-state index is -0.448. The standard InChI is InChI=1S/C15H19N5/c16-12-15(18-10-11-19-20-17)8-6-14(7-9-15)13-4-2-1-3-5-13/h1-5,14,18H,6-11H2. The second kappa shape index (κ2) is 6.95. The van der Waals surface area contributed by atoms with E-state index in [1.807, 2.05) is 6.07 Å². The Bertz CT molecular complexity index is 505. The molecule has 1 fully saturated rings. The van der Waals surface area contributed by atoms with E-state index in [4.69, 9.17) is 5.53 Å². The van der Waals surface area contributed by atoms with Gasteiger partial charge in [0.15, 0.2) is 0 Å². The largest absolute Gasteiger partial charge is 0.299 e. The average Bonchev–Trinajstić information content (AvgIpc) is 2.53. The van der Waals surface area contributed by atoms with E-state index in [1.165, 1.54) is 5.56 Å². The van der Waals surface area contributed by atoms with Crippen LogP contribution in [0.3, 0.4) is 0 Å². The predicted molar refractivity (Wildman–Crippen MR) is 78.0 cm³/mol. The molecule has 0 unspecified atom stereocenters. The second-order valence-electron chi connectivity index (χ2n) is 5.26. The summed E-state index contributed by atoms with van der Waals surface area (Å²) in [4.78, 5) is 2.72. The first-order chi connectivity index (χ1) is 9.79. The molecule has 0 bridgehead atoms. The maximum Gasteiger partial charge on any atom is 0.106 e. The van der Waals surface area contributed by atoms with Crippen LogP contribution in [0.2, 0.25) is 0 Å². The molecule has 20 heavy (non-hydrogen) atoms. The molecule has 1 aromatic carbocycles. The molecular formula is C15H19N5. The monoisotopic (exact) mass is 269 g/mol.